The van der Waals surface area contributed by atoms with E-state index in [0.717, 1.165) is 10.7 Å². The molecule has 1 fully saturated rings. The van der Waals surface area contributed by atoms with Gasteiger partial charge in [0, 0.05) is 45.0 Å². The molecule has 28 heavy (non-hydrogen) atoms. The van der Waals surface area contributed by atoms with E-state index in [9.17, 15) is 26.7 Å². The number of nitrogens with zero attached hydrogens (tertiary/aromatic N) is 4. The molecule has 1 amide bonds. The average molecular weight is 424 g/mol. The van der Waals surface area contributed by atoms with E-state index < -0.39 is 29.8 Å². The fourth-order valence-electron chi connectivity index (χ4n) is 2.86. The summed E-state index contributed by atoms with van der Waals surface area (Å²) >= 11 is 5.89. The molecule has 3 heterocycles. The molecule has 12 heteroatoms. The number of carbonyl (C=O) groups excluding carboxylic acids is 1. The first kappa shape index (κ1) is 20.3. The first-order valence-corrected chi connectivity index (χ1v) is 8.51. The summed E-state index contributed by atoms with van der Waals surface area (Å²) in [7, 11) is 1.44. The van der Waals surface area contributed by atoms with Crippen molar-refractivity contribution in [3.63, 3.8) is 0 Å². The molecule has 0 radical (unpaired) electrons. The molecule has 2 aromatic rings. The fraction of sp³-hybridized carbons (Fsp3) is 0.438. The third-order valence-electron chi connectivity index (χ3n) is 4.27. The summed E-state index contributed by atoms with van der Waals surface area (Å²) in [6, 6.07) is 0.813. The minimum Gasteiger partial charge on any atom is -0.355 e. The predicted molar refractivity (Wildman–Crippen MR) is 90.5 cm³/mol. The lowest BCUT2D eigenvalue weighted by Gasteiger charge is -2.40. The molecule has 2 aromatic heterocycles. The minimum absolute atomic E-state index is 0.0178. The number of halogens is 6. The van der Waals surface area contributed by atoms with E-state index in [0.29, 0.717) is 19.3 Å². The summed E-state index contributed by atoms with van der Waals surface area (Å²) in [6.07, 6.45) is -5.46. The number of alkyl halides is 5. The van der Waals surface area contributed by atoms with E-state index in [1.807, 2.05) is 0 Å². The standard InChI is InChI=1S/C16H15ClF5N5O/c1-26-7-10(12(25-26)13(18)19)15(28)24-3-8-5-27(6-8)14-11(17)2-9(4-23-14)16(20,21)22/h2,4,7-8,13H,3,5-6H2,1H3,(H,24,28). The van der Waals surface area contributed by atoms with Gasteiger partial charge in [0.1, 0.15) is 11.5 Å². The van der Waals surface area contributed by atoms with Crippen LogP contribution in [0.15, 0.2) is 18.5 Å². The Bertz CT molecular complexity index is 879. The normalized spacial score (nSPS) is 15.1. The summed E-state index contributed by atoms with van der Waals surface area (Å²) in [4.78, 5) is 17.6. The maximum Gasteiger partial charge on any atom is 0.417 e. The Labute approximate surface area is 161 Å². The van der Waals surface area contributed by atoms with Crippen LogP contribution in [0.5, 0.6) is 0 Å². The smallest absolute Gasteiger partial charge is 0.355 e. The number of pyridine rings is 1. The van der Waals surface area contributed by atoms with Gasteiger partial charge in [-0.15, -0.1) is 0 Å². The summed E-state index contributed by atoms with van der Waals surface area (Å²) < 4.78 is 64.9. The van der Waals surface area contributed by atoms with E-state index in [4.69, 9.17) is 11.6 Å². The van der Waals surface area contributed by atoms with Crippen LogP contribution in [-0.2, 0) is 13.2 Å². The number of hydrogen-bond donors (Lipinski definition) is 1. The highest BCUT2D eigenvalue weighted by atomic mass is 35.5. The van der Waals surface area contributed by atoms with Crippen molar-refractivity contribution in [2.75, 3.05) is 24.5 Å². The van der Waals surface area contributed by atoms with Crippen LogP contribution in [0.3, 0.4) is 0 Å². The Balaban J connectivity index is 1.55. The Morgan fingerprint density at radius 2 is 2.07 bits per heavy atom. The SMILES string of the molecule is Cn1cc(C(=O)NCC2CN(c3ncc(C(F)(F)F)cc3Cl)C2)c(C(F)F)n1. The summed E-state index contributed by atoms with van der Waals surface area (Å²) in [5, 5.41) is 6.03. The average Bonchev–Trinajstić information content (AvgIpc) is 2.95. The molecule has 0 aliphatic carbocycles. The zero-order chi connectivity index (χ0) is 20.6. The quantitative estimate of drug-likeness (QED) is 0.750. The first-order chi connectivity index (χ1) is 13.1. The molecule has 0 bridgehead atoms. The van der Waals surface area contributed by atoms with Crippen molar-refractivity contribution in [1.29, 1.82) is 0 Å². The maximum atomic E-state index is 12.9. The Morgan fingerprint density at radius 1 is 1.39 bits per heavy atom. The van der Waals surface area contributed by atoms with E-state index in [1.54, 1.807) is 4.90 Å². The number of aryl methyl sites for hydroxylation is 1. The van der Waals surface area contributed by atoms with Gasteiger partial charge in [-0.2, -0.15) is 18.3 Å². The Hall–Kier alpha value is -2.43. The molecule has 1 saturated heterocycles. The van der Waals surface area contributed by atoms with Gasteiger partial charge in [0.25, 0.3) is 12.3 Å². The van der Waals surface area contributed by atoms with E-state index >= 15 is 0 Å². The Morgan fingerprint density at radius 3 is 2.64 bits per heavy atom. The van der Waals surface area contributed by atoms with Crippen molar-refractivity contribution in [2.45, 2.75) is 12.6 Å². The number of rotatable bonds is 5. The minimum atomic E-state index is -4.53. The summed E-state index contributed by atoms with van der Waals surface area (Å²) in [6.45, 7) is 1.03. The molecule has 0 unspecified atom stereocenters. The molecule has 0 atom stereocenters. The monoisotopic (exact) mass is 423 g/mol. The summed E-state index contributed by atoms with van der Waals surface area (Å²) in [5.41, 5.74) is -1.71. The second kappa shape index (κ2) is 7.53. The lowest BCUT2D eigenvalue weighted by molar-refractivity contribution is -0.137. The van der Waals surface area contributed by atoms with E-state index in [2.05, 4.69) is 15.4 Å². The molecule has 0 aromatic carbocycles. The zero-order valence-corrected chi connectivity index (χ0v) is 15.2. The van der Waals surface area contributed by atoms with Gasteiger partial charge in [0.05, 0.1) is 16.1 Å². The van der Waals surface area contributed by atoms with Gasteiger partial charge >= 0.3 is 6.18 Å². The number of carbonyl (C=O) groups is 1. The van der Waals surface area contributed by atoms with Crippen LogP contribution < -0.4 is 10.2 Å². The van der Waals surface area contributed by atoms with E-state index in [-0.39, 0.29) is 28.9 Å². The highest BCUT2D eigenvalue weighted by Crippen LogP contribution is 2.35. The molecule has 0 spiro atoms. The van der Waals surface area contributed by atoms with Crippen LogP contribution in [0.4, 0.5) is 27.8 Å². The molecule has 3 rings (SSSR count). The van der Waals surface area contributed by atoms with Gasteiger partial charge in [-0.1, -0.05) is 11.6 Å². The van der Waals surface area contributed by atoms with Crippen molar-refractivity contribution in [1.82, 2.24) is 20.1 Å². The highest BCUT2D eigenvalue weighted by Gasteiger charge is 2.34. The lowest BCUT2D eigenvalue weighted by atomic mass is 10.00. The van der Waals surface area contributed by atoms with Crippen molar-refractivity contribution < 1.29 is 26.7 Å². The van der Waals surface area contributed by atoms with Gasteiger partial charge in [-0.3, -0.25) is 9.48 Å². The van der Waals surface area contributed by atoms with Gasteiger partial charge < -0.3 is 10.2 Å². The largest absolute Gasteiger partial charge is 0.417 e. The zero-order valence-electron chi connectivity index (χ0n) is 14.5. The van der Waals surface area contributed by atoms with Crippen LogP contribution in [0.1, 0.15) is 28.0 Å². The lowest BCUT2D eigenvalue weighted by Crippen LogP contribution is -2.52. The first-order valence-electron chi connectivity index (χ1n) is 8.14. The van der Waals surface area contributed by atoms with Gasteiger partial charge in [-0.25, -0.2) is 13.8 Å². The molecule has 0 saturated carbocycles. The number of anilines is 1. The second-order valence-electron chi connectivity index (χ2n) is 6.41. The molecule has 1 aliphatic rings. The van der Waals surface area contributed by atoms with E-state index in [1.165, 1.54) is 13.2 Å². The number of aromatic nitrogens is 3. The maximum absolute atomic E-state index is 12.9. The molecule has 6 nitrogen and oxygen atoms in total. The molecule has 1 aliphatic heterocycles. The second-order valence-corrected chi connectivity index (χ2v) is 6.82. The van der Waals surface area contributed by atoms with Crippen molar-refractivity contribution in [3.05, 3.63) is 40.3 Å². The topological polar surface area (TPSA) is 63.1 Å². The third kappa shape index (κ3) is 4.18. The fourth-order valence-corrected chi connectivity index (χ4v) is 3.15. The molecular formula is C16H15ClF5N5O. The van der Waals surface area contributed by atoms with Crippen LogP contribution in [0.25, 0.3) is 0 Å². The number of nitrogens with one attached hydrogen (secondary N) is 1. The van der Waals surface area contributed by atoms with Gasteiger partial charge in [0.15, 0.2) is 0 Å². The van der Waals surface area contributed by atoms with Gasteiger partial charge in [0.2, 0.25) is 0 Å². The molecule has 152 valence electrons. The molecular weight excluding hydrogens is 409 g/mol. The third-order valence-corrected chi connectivity index (χ3v) is 4.54. The van der Waals surface area contributed by atoms with Crippen molar-refractivity contribution in [3.8, 4) is 0 Å². The summed E-state index contributed by atoms with van der Waals surface area (Å²) in [5.74, 6) is -0.451. The Kier molecular flexibility index (Phi) is 5.46. The van der Waals surface area contributed by atoms with Crippen molar-refractivity contribution in [2.24, 2.45) is 13.0 Å². The highest BCUT2D eigenvalue weighted by molar-refractivity contribution is 6.33. The van der Waals surface area contributed by atoms with Crippen LogP contribution >= 0.6 is 11.6 Å². The van der Waals surface area contributed by atoms with Crippen molar-refractivity contribution >= 4 is 23.3 Å². The van der Waals surface area contributed by atoms with Crippen LogP contribution in [0.2, 0.25) is 5.02 Å². The number of hydrogen-bond acceptors (Lipinski definition) is 4. The predicted octanol–water partition coefficient (Wildman–Crippen LogP) is 3.29. The number of amides is 1. The molecule has 1 N–H and O–H groups in total. The van der Waals surface area contributed by atoms with Gasteiger partial charge in [-0.05, 0) is 6.07 Å². The van der Waals surface area contributed by atoms with Crippen LogP contribution in [-0.4, -0.2) is 40.3 Å². The van der Waals surface area contributed by atoms with Crippen LogP contribution in [0, 0.1) is 5.92 Å².